The molecule has 3 heterocycles. The van der Waals surface area contributed by atoms with E-state index in [0.717, 1.165) is 25.2 Å². The number of nitrogens with zero attached hydrogens (tertiary/aromatic N) is 6. The maximum atomic E-state index is 13.1. The average molecular weight is 583 g/mol. The van der Waals surface area contributed by atoms with Gasteiger partial charge in [0.15, 0.2) is 5.82 Å². The highest BCUT2D eigenvalue weighted by molar-refractivity contribution is 6.04. The molecule has 0 aliphatic carbocycles. The number of amides is 2. The molecule has 0 radical (unpaired) electrons. The van der Waals surface area contributed by atoms with Crippen molar-refractivity contribution in [2.45, 2.75) is 58.7 Å². The van der Waals surface area contributed by atoms with E-state index in [1.165, 1.54) is 0 Å². The standard InChI is InChI=1S/C30H46N8O4/c1-8-24-29(41)37(7)25-17-32-30(34-27(25)38(24)19(3)4)33-23-11-10-22(21-12-15-42-26(21)23)28(40)31-16-20(39)18-36(6)14-13-35(5)9-2/h10-11,17,19-20,24,39H,8-9,12-16,18H2,1-7H3,(H,31,40)(H,32,33,34). The number of carbonyl (C=O) groups is 2. The highest BCUT2D eigenvalue weighted by Crippen LogP contribution is 2.39. The molecule has 0 fully saturated rings. The van der Waals surface area contributed by atoms with Crippen LogP contribution in [0.5, 0.6) is 5.75 Å². The molecule has 2 aliphatic rings. The Morgan fingerprint density at radius 1 is 1.21 bits per heavy atom. The van der Waals surface area contributed by atoms with E-state index in [1.807, 2.05) is 27.8 Å². The fourth-order valence-electron chi connectivity index (χ4n) is 5.49. The summed E-state index contributed by atoms with van der Waals surface area (Å²) < 4.78 is 5.94. The summed E-state index contributed by atoms with van der Waals surface area (Å²) in [4.78, 5) is 43.3. The lowest BCUT2D eigenvalue weighted by molar-refractivity contribution is -0.120. The molecule has 4 rings (SSSR count). The zero-order valence-electron chi connectivity index (χ0n) is 26.0. The van der Waals surface area contributed by atoms with Crippen LogP contribution in [0.1, 0.15) is 50.0 Å². The van der Waals surface area contributed by atoms with Gasteiger partial charge in [-0.2, -0.15) is 4.98 Å². The van der Waals surface area contributed by atoms with Gasteiger partial charge in [-0.15, -0.1) is 0 Å². The maximum absolute atomic E-state index is 13.1. The van der Waals surface area contributed by atoms with Gasteiger partial charge in [-0.3, -0.25) is 9.59 Å². The number of ether oxygens (including phenoxy) is 1. The van der Waals surface area contributed by atoms with E-state index < -0.39 is 6.10 Å². The maximum Gasteiger partial charge on any atom is 0.251 e. The Bertz CT molecular complexity index is 1270. The molecule has 12 heteroatoms. The summed E-state index contributed by atoms with van der Waals surface area (Å²) in [5.41, 5.74) is 2.67. The third-order valence-electron chi connectivity index (χ3n) is 8.02. The molecular weight excluding hydrogens is 536 g/mol. The van der Waals surface area contributed by atoms with Crippen LogP contribution in [-0.4, -0.2) is 115 Å². The van der Waals surface area contributed by atoms with Gasteiger partial charge in [-0.1, -0.05) is 13.8 Å². The van der Waals surface area contributed by atoms with E-state index in [2.05, 4.69) is 44.3 Å². The molecule has 0 bridgehead atoms. The summed E-state index contributed by atoms with van der Waals surface area (Å²) in [5.74, 6) is 1.47. The molecule has 12 nitrogen and oxygen atoms in total. The van der Waals surface area contributed by atoms with Gasteiger partial charge in [0, 0.05) is 56.8 Å². The Morgan fingerprint density at radius 2 is 1.95 bits per heavy atom. The molecule has 1 aromatic carbocycles. The van der Waals surface area contributed by atoms with Crippen LogP contribution in [0.2, 0.25) is 0 Å². The summed E-state index contributed by atoms with van der Waals surface area (Å²) in [7, 11) is 5.79. The first kappa shape index (κ1) is 31.5. The molecule has 0 saturated heterocycles. The van der Waals surface area contributed by atoms with Gasteiger partial charge in [-0.25, -0.2) is 4.98 Å². The number of rotatable bonds is 13. The first-order valence-corrected chi connectivity index (χ1v) is 14.9. The predicted molar refractivity (Wildman–Crippen MR) is 165 cm³/mol. The van der Waals surface area contributed by atoms with E-state index in [-0.39, 0.29) is 30.4 Å². The Hall–Kier alpha value is -3.48. The van der Waals surface area contributed by atoms with Crippen LogP contribution in [0.15, 0.2) is 18.3 Å². The molecule has 2 aliphatic heterocycles. The lowest BCUT2D eigenvalue weighted by Gasteiger charge is -2.42. The van der Waals surface area contributed by atoms with Crippen LogP contribution < -0.4 is 25.2 Å². The van der Waals surface area contributed by atoms with Crippen LogP contribution >= 0.6 is 0 Å². The minimum Gasteiger partial charge on any atom is -0.491 e. The first-order valence-electron chi connectivity index (χ1n) is 14.9. The summed E-state index contributed by atoms with van der Waals surface area (Å²) in [5, 5.41) is 16.7. The third-order valence-corrected chi connectivity index (χ3v) is 8.02. The zero-order chi connectivity index (χ0) is 30.6. The molecule has 0 spiro atoms. The normalized spacial score (nSPS) is 17.0. The number of hydrogen-bond donors (Lipinski definition) is 3. The number of aromatic nitrogens is 2. The number of nitrogens with one attached hydrogen (secondary N) is 2. The summed E-state index contributed by atoms with van der Waals surface area (Å²) in [6.45, 7) is 12.0. The van der Waals surface area contributed by atoms with E-state index in [0.29, 0.717) is 60.4 Å². The van der Waals surface area contributed by atoms with Crippen molar-refractivity contribution in [3.05, 3.63) is 29.5 Å². The number of benzene rings is 1. The molecule has 3 N–H and O–H groups in total. The van der Waals surface area contributed by atoms with Crippen molar-refractivity contribution < 1.29 is 19.4 Å². The number of hydrogen-bond acceptors (Lipinski definition) is 10. The van der Waals surface area contributed by atoms with Gasteiger partial charge in [0.05, 0.1) is 24.6 Å². The van der Waals surface area contributed by atoms with Crippen molar-refractivity contribution in [1.29, 1.82) is 0 Å². The van der Waals surface area contributed by atoms with Gasteiger partial charge < -0.3 is 40.1 Å². The monoisotopic (exact) mass is 582 g/mol. The van der Waals surface area contributed by atoms with Crippen LogP contribution in [0.3, 0.4) is 0 Å². The Labute approximate surface area is 249 Å². The molecule has 1 aromatic heterocycles. The SMILES string of the molecule is CCC1C(=O)N(C)c2cnc(Nc3ccc(C(=O)NCC(O)CN(C)CCN(C)CC)c4c3OCC4)nc2N1C(C)C. The quantitative estimate of drug-likeness (QED) is 0.323. The van der Waals surface area contributed by atoms with E-state index in [4.69, 9.17) is 9.72 Å². The fraction of sp³-hybridized carbons (Fsp3) is 0.600. The van der Waals surface area contributed by atoms with Crippen molar-refractivity contribution in [2.24, 2.45) is 0 Å². The third kappa shape index (κ3) is 6.77. The minimum atomic E-state index is -0.677. The number of aliphatic hydroxyl groups excluding tert-OH is 1. The second-order valence-corrected chi connectivity index (χ2v) is 11.4. The molecule has 2 atom stereocenters. The Kier molecular flexibility index (Phi) is 10.2. The second-order valence-electron chi connectivity index (χ2n) is 11.4. The van der Waals surface area contributed by atoms with Gasteiger partial charge in [-0.05, 0) is 53.0 Å². The van der Waals surface area contributed by atoms with Crippen LogP contribution in [0, 0.1) is 0 Å². The largest absolute Gasteiger partial charge is 0.491 e. The Balaban J connectivity index is 1.46. The van der Waals surface area contributed by atoms with Gasteiger partial charge >= 0.3 is 0 Å². The highest BCUT2D eigenvalue weighted by Gasteiger charge is 2.38. The summed E-state index contributed by atoms with van der Waals surface area (Å²) >= 11 is 0. The van der Waals surface area contributed by atoms with Crippen LogP contribution in [-0.2, 0) is 11.2 Å². The van der Waals surface area contributed by atoms with Crippen molar-refractivity contribution in [2.75, 3.05) is 75.6 Å². The van der Waals surface area contributed by atoms with E-state index in [9.17, 15) is 14.7 Å². The van der Waals surface area contributed by atoms with Crippen LogP contribution in [0.4, 0.5) is 23.1 Å². The summed E-state index contributed by atoms with van der Waals surface area (Å²) in [6.07, 6.45) is 2.26. The van der Waals surface area contributed by atoms with Crippen LogP contribution in [0.25, 0.3) is 0 Å². The zero-order valence-corrected chi connectivity index (χ0v) is 26.0. The lowest BCUT2D eigenvalue weighted by Crippen LogP contribution is -2.54. The molecule has 2 unspecified atom stereocenters. The molecule has 0 saturated carbocycles. The average Bonchev–Trinajstić information content (AvgIpc) is 3.47. The smallest absolute Gasteiger partial charge is 0.251 e. The summed E-state index contributed by atoms with van der Waals surface area (Å²) in [6, 6.07) is 3.34. The highest BCUT2D eigenvalue weighted by atomic mass is 16.5. The topological polar surface area (TPSA) is 126 Å². The number of fused-ring (bicyclic) bond motifs is 2. The molecule has 2 aromatic rings. The van der Waals surface area contributed by atoms with Crippen molar-refractivity contribution in [3.8, 4) is 5.75 Å². The van der Waals surface area contributed by atoms with Gasteiger partial charge in [0.2, 0.25) is 11.9 Å². The van der Waals surface area contributed by atoms with Crippen molar-refractivity contribution in [1.82, 2.24) is 25.1 Å². The van der Waals surface area contributed by atoms with Crippen molar-refractivity contribution in [3.63, 3.8) is 0 Å². The minimum absolute atomic E-state index is 0.0300. The molecular formula is C30H46N8O4. The van der Waals surface area contributed by atoms with Gasteiger partial charge in [0.1, 0.15) is 17.5 Å². The number of likely N-dealkylation sites (N-methyl/N-ethyl adjacent to an activating group) is 3. The number of anilines is 4. The number of aliphatic hydroxyl groups is 1. The molecule has 2 amide bonds. The first-order chi connectivity index (χ1) is 20.0. The van der Waals surface area contributed by atoms with Crippen molar-refractivity contribution >= 4 is 35.0 Å². The second kappa shape index (κ2) is 13.7. The van der Waals surface area contributed by atoms with E-state index >= 15 is 0 Å². The molecule has 42 heavy (non-hydrogen) atoms. The lowest BCUT2D eigenvalue weighted by atomic mass is 10.0. The van der Waals surface area contributed by atoms with Gasteiger partial charge in [0.25, 0.3) is 5.91 Å². The Morgan fingerprint density at radius 3 is 2.64 bits per heavy atom. The predicted octanol–water partition coefficient (Wildman–Crippen LogP) is 2.10. The molecule has 230 valence electrons. The fourth-order valence-corrected chi connectivity index (χ4v) is 5.49. The number of carbonyl (C=O) groups excluding carboxylic acids is 2. The van der Waals surface area contributed by atoms with E-state index in [1.54, 1.807) is 30.3 Å².